The fraction of sp³-hybridized carbons (Fsp3) is 0.667. The van der Waals surface area contributed by atoms with Crippen LogP contribution in [-0.4, -0.2) is 34.0 Å². The van der Waals surface area contributed by atoms with Crippen LogP contribution in [0.2, 0.25) is 0 Å². The average Bonchev–Trinajstić information content (AvgIpc) is 2.89. The molecule has 1 fully saturated rings. The highest BCUT2D eigenvalue weighted by Gasteiger charge is 2.22. The van der Waals surface area contributed by atoms with E-state index in [-0.39, 0.29) is 5.01 Å². The second kappa shape index (κ2) is 5.60. The molecule has 2 rings (SSSR count). The van der Waals surface area contributed by atoms with Gasteiger partial charge in [-0.25, -0.2) is 9.78 Å². The summed E-state index contributed by atoms with van der Waals surface area (Å²) in [6.45, 7) is 5.27. The number of rotatable bonds is 5. The van der Waals surface area contributed by atoms with Crippen LogP contribution in [-0.2, 0) is 6.54 Å². The smallest absolute Gasteiger partial charge is 0.365 e. The monoisotopic (exact) mass is 254 g/mol. The normalized spacial score (nSPS) is 20.9. The summed E-state index contributed by atoms with van der Waals surface area (Å²) in [5, 5.41) is 10.9. The number of likely N-dealkylation sites (tertiary alicyclic amines) is 1. The fourth-order valence-electron chi connectivity index (χ4n) is 2.41. The maximum absolute atomic E-state index is 10.7. The van der Waals surface area contributed by atoms with E-state index < -0.39 is 5.97 Å². The van der Waals surface area contributed by atoms with Crippen molar-refractivity contribution in [2.45, 2.75) is 32.7 Å². The lowest BCUT2D eigenvalue weighted by Gasteiger charge is -2.14. The summed E-state index contributed by atoms with van der Waals surface area (Å²) in [5.74, 6) is -0.107. The van der Waals surface area contributed by atoms with Gasteiger partial charge in [0.25, 0.3) is 0 Å². The van der Waals surface area contributed by atoms with Crippen LogP contribution >= 0.6 is 11.3 Å². The van der Waals surface area contributed by atoms with Crippen LogP contribution in [0.4, 0.5) is 0 Å². The molecule has 1 N–H and O–H groups in total. The van der Waals surface area contributed by atoms with E-state index in [0.717, 1.165) is 31.2 Å². The number of aromatic carboxylic acids is 1. The lowest BCUT2D eigenvalue weighted by molar-refractivity contribution is 0.0696. The van der Waals surface area contributed by atoms with Gasteiger partial charge in [-0.05, 0) is 25.3 Å². The molecule has 1 unspecified atom stereocenters. The van der Waals surface area contributed by atoms with E-state index in [2.05, 4.69) is 16.8 Å². The first-order valence-corrected chi connectivity index (χ1v) is 6.97. The lowest BCUT2D eigenvalue weighted by Crippen LogP contribution is -2.20. The predicted octanol–water partition coefficient (Wildman–Crippen LogP) is 2.46. The number of carboxylic acid groups (broad SMARTS) is 1. The summed E-state index contributed by atoms with van der Waals surface area (Å²) in [5.41, 5.74) is 0.893. The largest absolute Gasteiger partial charge is 0.476 e. The van der Waals surface area contributed by atoms with Gasteiger partial charge in [0.2, 0.25) is 5.01 Å². The van der Waals surface area contributed by atoms with E-state index in [4.69, 9.17) is 5.11 Å². The molecule has 1 aliphatic rings. The van der Waals surface area contributed by atoms with Crippen LogP contribution in [0.5, 0.6) is 0 Å². The van der Waals surface area contributed by atoms with Gasteiger partial charge in [-0.2, -0.15) is 0 Å². The van der Waals surface area contributed by atoms with Crippen LogP contribution in [0.3, 0.4) is 0 Å². The lowest BCUT2D eigenvalue weighted by atomic mass is 10.0. The van der Waals surface area contributed by atoms with Crippen LogP contribution in [0.15, 0.2) is 5.38 Å². The molecule has 0 aromatic carbocycles. The first-order valence-electron chi connectivity index (χ1n) is 6.09. The number of thiazole rings is 1. The second-order valence-electron chi connectivity index (χ2n) is 4.63. The fourth-order valence-corrected chi connectivity index (χ4v) is 3.05. The molecule has 0 spiro atoms. The standard InChI is InChI=1S/C12H18N2O2S/c1-2-3-9-4-5-14(6-9)7-10-8-17-11(13-10)12(15)16/h8-9H,2-7H2,1H3,(H,15,16). The Morgan fingerprint density at radius 3 is 3.18 bits per heavy atom. The maximum Gasteiger partial charge on any atom is 0.365 e. The number of carboxylic acids is 1. The van der Waals surface area contributed by atoms with E-state index >= 15 is 0 Å². The first-order chi connectivity index (χ1) is 8.19. The molecule has 2 heterocycles. The summed E-state index contributed by atoms with van der Waals surface area (Å²) >= 11 is 1.21. The number of nitrogens with zero attached hydrogens (tertiary/aromatic N) is 2. The molecular formula is C12H18N2O2S. The Kier molecular flexibility index (Phi) is 4.12. The Morgan fingerprint density at radius 1 is 1.71 bits per heavy atom. The topological polar surface area (TPSA) is 53.4 Å². The van der Waals surface area contributed by atoms with E-state index in [1.807, 2.05) is 5.38 Å². The molecule has 4 nitrogen and oxygen atoms in total. The van der Waals surface area contributed by atoms with Gasteiger partial charge < -0.3 is 5.11 Å². The minimum atomic E-state index is -0.925. The second-order valence-corrected chi connectivity index (χ2v) is 5.49. The molecule has 0 saturated carbocycles. The Balaban J connectivity index is 1.87. The minimum absolute atomic E-state index is 0.198. The summed E-state index contributed by atoms with van der Waals surface area (Å²) < 4.78 is 0. The molecule has 0 radical (unpaired) electrons. The van der Waals surface area contributed by atoms with Gasteiger partial charge in [0, 0.05) is 18.5 Å². The van der Waals surface area contributed by atoms with Gasteiger partial charge in [-0.15, -0.1) is 11.3 Å². The summed E-state index contributed by atoms with van der Waals surface area (Å²) in [7, 11) is 0. The van der Waals surface area contributed by atoms with Gasteiger partial charge in [0.1, 0.15) is 0 Å². The van der Waals surface area contributed by atoms with E-state index in [1.165, 1.54) is 30.6 Å². The third-order valence-corrected chi connectivity index (χ3v) is 4.07. The van der Waals surface area contributed by atoms with Crippen LogP contribution in [0.1, 0.15) is 41.7 Å². The zero-order valence-corrected chi connectivity index (χ0v) is 10.9. The zero-order chi connectivity index (χ0) is 12.3. The van der Waals surface area contributed by atoms with E-state index in [1.54, 1.807) is 0 Å². The molecule has 1 saturated heterocycles. The van der Waals surface area contributed by atoms with Crippen molar-refractivity contribution in [3.8, 4) is 0 Å². The molecular weight excluding hydrogens is 236 g/mol. The Morgan fingerprint density at radius 2 is 2.53 bits per heavy atom. The molecule has 1 atom stereocenters. The Bertz CT molecular complexity index is 392. The van der Waals surface area contributed by atoms with Crippen molar-refractivity contribution in [3.05, 3.63) is 16.1 Å². The average molecular weight is 254 g/mol. The first kappa shape index (κ1) is 12.5. The molecule has 0 aliphatic carbocycles. The quantitative estimate of drug-likeness (QED) is 0.877. The van der Waals surface area contributed by atoms with Crippen molar-refractivity contribution in [2.24, 2.45) is 5.92 Å². The number of hydrogen-bond donors (Lipinski definition) is 1. The number of carbonyl (C=O) groups is 1. The third-order valence-electron chi connectivity index (χ3n) is 3.19. The minimum Gasteiger partial charge on any atom is -0.476 e. The molecule has 1 aromatic heterocycles. The molecule has 17 heavy (non-hydrogen) atoms. The summed E-state index contributed by atoms with van der Waals surface area (Å²) in [6.07, 6.45) is 3.82. The predicted molar refractivity (Wildman–Crippen MR) is 67.4 cm³/mol. The van der Waals surface area contributed by atoms with Crippen molar-refractivity contribution in [2.75, 3.05) is 13.1 Å². The Labute approximate surface area is 105 Å². The van der Waals surface area contributed by atoms with Crippen LogP contribution in [0.25, 0.3) is 0 Å². The molecule has 0 bridgehead atoms. The highest BCUT2D eigenvalue weighted by atomic mass is 32.1. The van der Waals surface area contributed by atoms with Gasteiger partial charge in [0.05, 0.1) is 5.69 Å². The number of aromatic nitrogens is 1. The van der Waals surface area contributed by atoms with Gasteiger partial charge in [0.15, 0.2) is 0 Å². The molecule has 5 heteroatoms. The van der Waals surface area contributed by atoms with Crippen molar-refractivity contribution in [1.82, 2.24) is 9.88 Å². The molecule has 1 aromatic rings. The van der Waals surface area contributed by atoms with Crippen LogP contribution in [0, 0.1) is 5.92 Å². The number of hydrogen-bond acceptors (Lipinski definition) is 4. The summed E-state index contributed by atoms with van der Waals surface area (Å²) in [6, 6.07) is 0. The van der Waals surface area contributed by atoms with Crippen LogP contribution < -0.4 is 0 Å². The third kappa shape index (κ3) is 3.26. The van der Waals surface area contributed by atoms with Crippen molar-refractivity contribution in [3.63, 3.8) is 0 Å². The van der Waals surface area contributed by atoms with Gasteiger partial charge in [-0.1, -0.05) is 13.3 Å². The zero-order valence-electron chi connectivity index (χ0n) is 10.1. The SMILES string of the molecule is CCCC1CCN(Cc2csc(C(=O)O)n2)C1. The van der Waals surface area contributed by atoms with E-state index in [9.17, 15) is 4.79 Å². The highest BCUT2D eigenvalue weighted by Crippen LogP contribution is 2.22. The Hall–Kier alpha value is -0.940. The highest BCUT2D eigenvalue weighted by molar-refractivity contribution is 7.11. The van der Waals surface area contributed by atoms with Crippen molar-refractivity contribution < 1.29 is 9.90 Å². The molecule has 0 amide bonds. The van der Waals surface area contributed by atoms with Crippen molar-refractivity contribution >= 4 is 17.3 Å². The molecule has 1 aliphatic heterocycles. The van der Waals surface area contributed by atoms with Gasteiger partial charge in [-0.3, -0.25) is 4.90 Å². The summed E-state index contributed by atoms with van der Waals surface area (Å²) in [4.78, 5) is 17.2. The van der Waals surface area contributed by atoms with Crippen molar-refractivity contribution in [1.29, 1.82) is 0 Å². The van der Waals surface area contributed by atoms with Gasteiger partial charge >= 0.3 is 5.97 Å². The molecule has 94 valence electrons. The van der Waals surface area contributed by atoms with E-state index in [0.29, 0.717) is 0 Å². The maximum atomic E-state index is 10.7.